The lowest BCUT2D eigenvalue weighted by Gasteiger charge is -2.32. The van der Waals surface area contributed by atoms with Gasteiger partial charge < -0.3 is 20.3 Å². The highest BCUT2D eigenvalue weighted by atomic mass is 35.5. The number of carboxylic acids is 2. The number of halogens is 1. The van der Waals surface area contributed by atoms with Gasteiger partial charge in [-0.15, -0.1) is 12.4 Å². The molecule has 2 atom stereocenters. The largest absolute Gasteiger partial charge is 0.480 e. The van der Waals surface area contributed by atoms with Crippen molar-refractivity contribution >= 4 is 42.0 Å². The predicted molar refractivity (Wildman–Crippen MR) is 143 cm³/mol. The van der Waals surface area contributed by atoms with Gasteiger partial charge in [0.2, 0.25) is 5.91 Å². The first-order valence-electron chi connectivity index (χ1n) is 12.4. The molecule has 2 aromatic rings. The van der Waals surface area contributed by atoms with E-state index in [4.69, 9.17) is 4.74 Å². The summed E-state index contributed by atoms with van der Waals surface area (Å²) in [6.45, 7) is -0.0141. The predicted octanol–water partition coefficient (Wildman–Crippen LogP) is 3.37. The van der Waals surface area contributed by atoms with Crippen molar-refractivity contribution in [3.8, 4) is 0 Å². The van der Waals surface area contributed by atoms with Crippen LogP contribution in [0.2, 0.25) is 0 Å². The number of carboxylic acid groups (broad SMARTS) is 2. The van der Waals surface area contributed by atoms with Crippen LogP contribution in [0.25, 0.3) is 0 Å². The Balaban J connectivity index is 0.00000507. The highest BCUT2D eigenvalue weighted by Crippen LogP contribution is 2.26. The average Bonchev–Trinajstić information content (AvgIpc) is 2.88. The molecule has 0 bridgehead atoms. The van der Waals surface area contributed by atoms with Crippen molar-refractivity contribution in [2.75, 3.05) is 18.0 Å². The van der Waals surface area contributed by atoms with Crippen LogP contribution >= 0.6 is 12.4 Å². The van der Waals surface area contributed by atoms with E-state index in [-0.39, 0.29) is 25.4 Å². The number of anilines is 1. The number of benzene rings is 2. The highest BCUT2D eigenvalue weighted by Gasteiger charge is 2.32. The Morgan fingerprint density at radius 2 is 1.74 bits per heavy atom. The summed E-state index contributed by atoms with van der Waals surface area (Å²) < 4.78 is 5.15. The molecule has 10 nitrogen and oxygen atoms in total. The van der Waals surface area contributed by atoms with E-state index >= 15 is 0 Å². The topological polar surface area (TPSA) is 145 Å². The molecule has 0 saturated carbocycles. The van der Waals surface area contributed by atoms with Crippen molar-refractivity contribution in [2.24, 2.45) is 0 Å². The molecular formula is C27H34ClN3O7. The second-order valence-electron chi connectivity index (χ2n) is 8.93. The summed E-state index contributed by atoms with van der Waals surface area (Å²) in [5.74, 6) is -2.69. The smallest absolute Gasteiger partial charge is 0.407 e. The van der Waals surface area contributed by atoms with Crippen LogP contribution in [-0.2, 0) is 32.1 Å². The standard InChI is InChI=1S/C27H33N3O7.ClH/c31-24(32)17-30-23-15-5-4-11-20(23)12-8-14-21(25(30)33)29-22(26(34)35)13-6-7-16-28-27(36)37-18-19-9-2-1-3-10-19;/h1-5,9-11,15,21-22,29H,6-8,12-14,16-18H2,(H,28,36)(H,31,32)(H,34,35);1H/t21-,22-;/m0./s1. The van der Waals surface area contributed by atoms with Gasteiger partial charge in [0.05, 0.1) is 6.04 Å². The average molecular weight is 548 g/mol. The van der Waals surface area contributed by atoms with Gasteiger partial charge in [-0.25, -0.2) is 4.79 Å². The number of unbranched alkanes of at least 4 members (excludes halogenated alkanes) is 1. The number of fused-ring (bicyclic) bond motifs is 1. The third-order valence-electron chi connectivity index (χ3n) is 6.18. The van der Waals surface area contributed by atoms with Gasteiger partial charge >= 0.3 is 18.0 Å². The van der Waals surface area contributed by atoms with E-state index in [1.165, 1.54) is 4.90 Å². The van der Waals surface area contributed by atoms with Crippen LogP contribution in [0.5, 0.6) is 0 Å². The third kappa shape index (κ3) is 9.35. The first-order chi connectivity index (χ1) is 17.8. The second kappa shape index (κ2) is 15.6. The molecular weight excluding hydrogens is 514 g/mol. The Labute approximate surface area is 227 Å². The van der Waals surface area contributed by atoms with E-state index in [1.54, 1.807) is 12.1 Å². The number of aryl methyl sites for hydroxylation is 1. The monoisotopic (exact) mass is 547 g/mol. The number of hydrogen-bond donors (Lipinski definition) is 4. The number of carbonyl (C=O) groups excluding carboxylic acids is 2. The summed E-state index contributed by atoms with van der Waals surface area (Å²) in [5.41, 5.74) is 2.31. The van der Waals surface area contributed by atoms with Crippen molar-refractivity contribution < 1.29 is 34.1 Å². The SMILES string of the molecule is Cl.O=C(O)CN1C(=O)[C@@H](N[C@@H](CCCCNC(=O)OCc2ccccc2)C(=O)O)CCCc2ccccc21. The van der Waals surface area contributed by atoms with Crippen molar-refractivity contribution in [3.63, 3.8) is 0 Å². The lowest BCUT2D eigenvalue weighted by molar-refractivity contribution is -0.141. The minimum atomic E-state index is -1.15. The van der Waals surface area contributed by atoms with Crippen LogP contribution < -0.4 is 15.5 Å². The van der Waals surface area contributed by atoms with Crippen molar-refractivity contribution in [1.82, 2.24) is 10.6 Å². The summed E-state index contributed by atoms with van der Waals surface area (Å²) in [4.78, 5) is 49.8. The van der Waals surface area contributed by atoms with Crippen LogP contribution in [0.3, 0.4) is 0 Å². The fraction of sp³-hybridized carbons (Fsp3) is 0.407. The maximum absolute atomic E-state index is 13.3. The molecule has 0 spiro atoms. The summed E-state index contributed by atoms with van der Waals surface area (Å²) in [5, 5.41) is 24.7. The molecule has 1 heterocycles. The van der Waals surface area contributed by atoms with Gasteiger partial charge in [-0.3, -0.25) is 24.6 Å². The molecule has 11 heteroatoms. The maximum atomic E-state index is 13.3. The Morgan fingerprint density at radius 1 is 1.03 bits per heavy atom. The van der Waals surface area contributed by atoms with Gasteiger partial charge in [-0.2, -0.15) is 0 Å². The number of ether oxygens (including phenoxy) is 1. The lowest BCUT2D eigenvalue weighted by Crippen LogP contribution is -2.54. The minimum Gasteiger partial charge on any atom is -0.480 e. The number of aliphatic carboxylic acids is 2. The highest BCUT2D eigenvalue weighted by molar-refractivity contribution is 6.01. The molecule has 2 amide bonds. The number of amides is 2. The Hall–Kier alpha value is -3.63. The molecule has 3 rings (SSSR count). The molecule has 0 aliphatic carbocycles. The van der Waals surface area contributed by atoms with Crippen LogP contribution in [0.4, 0.5) is 10.5 Å². The first-order valence-corrected chi connectivity index (χ1v) is 12.4. The van der Waals surface area contributed by atoms with Gasteiger partial charge in [0.25, 0.3) is 0 Å². The molecule has 206 valence electrons. The zero-order valence-electron chi connectivity index (χ0n) is 21.0. The third-order valence-corrected chi connectivity index (χ3v) is 6.18. The molecule has 0 fully saturated rings. The molecule has 1 aliphatic rings. The maximum Gasteiger partial charge on any atom is 0.407 e. The zero-order valence-corrected chi connectivity index (χ0v) is 21.8. The number of rotatable bonds is 12. The van der Waals surface area contributed by atoms with Gasteiger partial charge in [0.1, 0.15) is 19.2 Å². The van der Waals surface area contributed by atoms with E-state index in [0.717, 1.165) is 11.1 Å². The molecule has 0 radical (unpaired) electrons. The van der Waals surface area contributed by atoms with E-state index in [9.17, 15) is 29.4 Å². The molecule has 38 heavy (non-hydrogen) atoms. The molecule has 0 aromatic heterocycles. The van der Waals surface area contributed by atoms with Crippen LogP contribution in [0, 0.1) is 0 Å². The van der Waals surface area contributed by atoms with Gasteiger partial charge in [0, 0.05) is 12.2 Å². The van der Waals surface area contributed by atoms with E-state index in [1.807, 2.05) is 42.5 Å². The number of nitrogens with one attached hydrogen (secondary N) is 2. The number of nitrogens with zero attached hydrogens (tertiary/aromatic N) is 1. The second-order valence-corrected chi connectivity index (χ2v) is 8.93. The summed E-state index contributed by atoms with van der Waals surface area (Å²) >= 11 is 0. The van der Waals surface area contributed by atoms with E-state index in [2.05, 4.69) is 10.6 Å². The molecule has 1 aliphatic heterocycles. The fourth-order valence-corrected chi connectivity index (χ4v) is 4.32. The van der Waals surface area contributed by atoms with Crippen molar-refractivity contribution in [2.45, 2.75) is 57.2 Å². The van der Waals surface area contributed by atoms with Crippen LogP contribution in [0.15, 0.2) is 54.6 Å². The van der Waals surface area contributed by atoms with E-state index in [0.29, 0.717) is 44.3 Å². The van der Waals surface area contributed by atoms with Crippen molar-refractivity contribution in [1.29, 1.82) is 0 Å². The summed E-state index contributed by atoms with van der Waals surface area (Å²) in [6.07, 6.45) is 2.42. The van der Waals surface area contributed by atoms with E-state index < -0.39 is 42.6 Å². The zero-order chi connectivity index (χ0) is 26.6. The molecule has 0 unspecified atom stereocenters. The van der Waals surface area contributed by atoms with Gasteiger partial charge in [-0.1, -0.05) is 48.5 Å². The Morgan fingerprint density at radius 3 is 2.45 bits per heavy atom. The first kappa shape index (κ1) is 30.6. The minimum absolute atomic E-state index is 0. The quantitative estimate of drug-likeness (QED) is 0.296. The van der Waals surface area contributed by atoms with Crippen LogP contribution in [0.1, 0.15) is 43.2 Å². The number of hydrogen-bond acceptors (Lipinski definition) is 6. The molecule has 4 N–H and O–H groups in total. The van der Waals surface area contributed by atoms with Crippen LogP contribution in [-0.4, -0.2) is 59.3 Å². The fourth-order valence-electron chi connectivity index (χ4n) is 4.32. The Kier molecular flexibility index (Phi) is 12.5. The molecule has 0 saturated heterocycles. The lowest BCUT2D eigenvalue weighted by atomic mass is 9.97. The number of alkyl carbamates (subject to hydrolysis) is 1. The summed E-state index contributed by atoms with van der Waals surface area (Å²) in [7, 11) is 0. The number of para-hydroxylation sites is 1. The normalized spacial score (nSPS) is 15.7. The van der Waals surface area contributed by atoms with Crippen molar-refractivity contribution in [3.05, 3.63) is 65.7 Å². The van der Waals surface area contributed by atoms with Gasteiger partial charge in [0.15, 0.2) is 0 Å². The Bertz CT molecular complexity index is 1080. The summed E-state index contributed by atoms with van der Waals surface area (Å²) in [6, 6.07) is 14.7. The van der Waals surface area contributed by atoms with Gasteiger partial charge in [-0.05, 0) is 55.7 Å². The number of carbonyl (C=O) groups is 4. The molecule has 2 aromatic carbocycles.